The summed E-state index contributed by atoms with van der Waals surface area (Å²) in [6.45, 7) is 0.760. The normalized spacial score (nSPS) is 11.1. The summed E-state index contributed by atoms with van der Waals surface area (Å²) in [5.41, 5.74) is 1.41. The number of carbonyl (C=O) groups is 1. The molecule has 2 aromatic rings. The van der Waals surface area contributed by atoms with E-state index in [4.69, 9.17) is 31.2 Å². The minimum absolute atomic E-state index is 0.0456. The van der Waals surface area contributed by atoms with E-state index in [1.807, 2.05) is 0 Å². The summed E-state index contributed by atoms with van der Waals surface area (Å²) in [6, 6.07) is 10.1. The van der Waals surface area contributed by atoms with Crippen LogP contribution in [0.15, 0.2) is 47.4 Å². The molecule has 2 aromatic carbocycles. The van der Waals surface area contributed by atoms with Gasteiger partial charge in [0.25, 0.3) is 10.0 Å². The molecule has 0 aliphatic rings. The first-order chi connectivity index (χ1) is 17.2. The summed E-state index contributed by atoms with van der Waals surface area (Å²) < 4.78 is 49.0. The fourth-order valence-electron chi connectivity index (χ4n) is 3.01. The second-order valence-electron chi connectivity index (χ2n) is 7.29. The third-order valence-corrected chi connectivity index (χ3v) is 6.67. The Labute approximate surface area is 217 Å². The van der Waals surface area contributed by atoms with Crippen molar-refractivity contribution >= 4 is 39.3 Å². The highest BCUT2D eigenvalue weighted by Gasteiger charge is 2.21. The molecule has 10 nitrogen and oxygen atoms in total. The smallest absolute Gasteiger partial charge is 0.267 e. The first-order valence-electron chi connectivity index (χ1n) is 10.9. The second-order valence-corrected chi connectivity index (χ2v) is 9.35. The average Bonchev–Trinajstić information content (AvgIpc) is 2.87. The van der Waals surface area contributed by atoms with Crippen molar-refractivity contribution in [2.24, 2.45) is 0 Å². The molecule has 36 heavy (non-hydrogen) atoms. The van der Waals surface area contributed by atoms with E-state index in [1.54, 1.807) is 43.5 Å². The fourth-order valence-corrected chi connectivity index (χ4v) is 4.49. The van der Waals surface area contributed by atoms with Crippen LogP contribution in [0.2, 0.25) is 0 Å². The Bertz CT molecular complexity index is 1180. The Balaban J connectivity index is 2.08. The standard InChI is InChI=1S/C24H31N3O7S2/c1-25-24(35)27-36(29,30)22-15-17(5-9-20(22)34-14-13-31-2)11-12-26-23(28)10-7-18-6-8-19(32-3)16-21(18)33-4/h5-10,15-16H,11-14H2,1-4H3,(H,26,28)(H2,25,27,35). The highest BCUT2D eigenvalue weighted by molar-refractivity contribution is 7.92. The van der Waals surface area contributed by atoms with Crippen LogP contribution in [0.25, 0.3) is 6.08 Å². The van der Waals surface area contributed by atoms with E-state index in [9.17, 15) is 13.2 Å². The van der Waals surface area contributed by atoms with E-state index in [0.717, 1.165) is 5.56 Å². The minimum atomic E-state index is -3.99. The number of sulfonamides is 1. The second kappa shape index (κ2) is 14.3. The molecule has 0 fully saturated rings. The van der Waals surface area contributed by atoms with Crippen molar-refractivity contribution in [2.75, 3.05) is 48.1 Å². The molecule has 0 unspecified atom stereocenters. The number of thiocarbonyl (C=S) groups is 1. The minimum Gasteiger partial charge on any atom is -0.497 e. The lowest BCUT2D eigenvalue weighted by Crippen LogP contribution is -2.37. The Morgan fingerprint density at radius 2 is 1.81 bits per heavy atom. The van der Waals surface area contributed by atoms with Crippen molar-refractivity contribution in [3.05, 3.63) is 53.6 Å². The maximum absolute atomic E-state index is 12.9. The van der Waals surface area contributed by atoms with Crippen LogP contribution in [0, 0.1) is 0 Å². The molecular weight excluding hydrogens is 506 g/mol. The van der Waals surface area contributed by atoms with E-state index in [2.05, 4.69) is 15.4 Å². The first kappa shape index (κ1) is 28.9. The van der Waals surface area contributed by atoms with Crippen LogP contribution in [0.3, 0.4) is 0 Å². The molecule has 2 rings (SSSR count). The zero-order chi connectivity index (χ0) is 26.6. The lowest BCUT2D eigenvalue weighted by Gasteiger charge is -2.15. The van der Waals surface area contributed by atoms with Crippen LogP contribution in [0.4, 0.5) is 0 Å². The van der Waals surface area contributed by atoms with Gasteiger partial charge in [0.1, 0.15) is 28.8 Å². The van der Waals surface area contributed by atoms with Crippen molar-refractivity contribution < 1.29 is 32.2 Å². The molecule has 0 radical (unpaired) electrons. The van der Waals surface area contributed by atoms with Gasteiger partial charge in [-0.1, -0.05) is 6.07 Å². The number of methoxy groups -OCH3 is 3. The zero-order valence-electron chi connectivity index (χ0n) is 20.6. The van der Waals surface area contributed by atoms with Gasteiger partial charge in [-0.25, -0.2) is 8.42 Å². The third kappa shape index (κ3) is 8.70. The Morgan fingerprint density at radius 1 is 1.03 bits per heavy atom. The third-order valence-electron chi connectivity index (χ3n) is 4.86. The van der Waals surface area contributed by atoms with Crippen molar-refractivity contribution in [3.63, 3.8) is 0 Å². The molecule has 0 saturated heterocycles. The molecule has 196 valence electrons. The Morgan fingerprint density at radius 3 is 2.47 bits per heavy atom. The number of carbonyl (C=O) groups excluding carboxylic acids is 1. The monoisotopic (exact) mass is 537 g/mol. The number of rotatable bonds is 13. The number of hydrogen-bond donors (Lipinski definition) is 3. The van der Waals surface area contributed by atoms with Gasteiger partial charge < -0.3 is 29.6 Å². The molecule has 0 bridgehead atoms. The zero-order valence-corrected chi connectivity index (χ0v) is 22.3. The SMILES string of the molecule is CNC(=S)NS(=O)(=O)c1cc(CCNC(=O)C=Cc2ccc(OC)cc2OC)ccc1OCCOC. The van der Waals surface area contributed by atoms with E-state index in [0.29, 0.717) is 30.1 Å². The Hall–Kier alpha value is -3.35. The maximum atomic E-state index is 12.9. The van der Waals surface area contributed by atoms with Gasteiger partial charge in [0.15, 0.2) is 5.11 Å². The quantitative estimate of drug-likeness (QED) is 0.200. The number of amides is 1. The van der Waals surface area contributed by atoms with E-state index in [-0.39, 0.29) is 34.8 Å². The van der Waals surface area contributed by atoms with E-state index in [1.165, 1.54) is 33.4 Å². The van der Waals surface area contributed by atoms with Crippen LogP contribution >= 0.6 is 12.2 Å². The average molecular weight is 538 g/mol. The predicted octanol–water partition coefficient (Wildman–Crippen LogP) is 1.88. The summed E-state index contributed by atoms with van der Waals surface area (Å²) in [5, 5.41) is 5.31. The largest absolute Gasteiger partial charge is 0.497 e. The number of ether oxygens (including phenoxy) is 4. The van der Waals surface area contributed by atoms with Gasteiger partial charge in [0, 0.05) is 38.4 Å². The van der Waals surface area contributed by atoms with E-state index < -0.39 is 10.0 Å². The number of hydrogen-bond acceptors (Lipinski definition) is 8. The lowest BCUT2D eigenvalue weighted by molar-refractivity contribution is -0.116. The van der Waals surface area contributed by atoms with Crippen molar-refractivity contribution in [1.29, 1.82) is 0 Å². The molecule has 0 aliphatic heterocycles. The van der Waals surface area contributed by atoms with Gasteiger partial charge in [0.2, 0.25) is 5.91 Å². The first-order valence-corrected chi connectivity index (χ1v) is 12.8. The van der Waals surface area contributed by atoms with Gasteiger partial charge in [0.05, 0.1) is 20.8 Å². The van der Waals surface area contributed by atoms with Gasteiger partial charge in [-0.05, 0) is 54.5 Å². The molecule has 0 atom stereocenters. The van der Waals surface area contributed by atoms with Crippen molar-refractivity contribution in [1.82, 2.24) is 15.4 Å². The number of nitrogens with one attached hydrogen (secondary N) is 3. The highest BCUT2D eigenvalue weighted by atomic mass is 32.2. The summed E-state index contributed by atoms with van der Waals surface area (Å²) in [6.07, 6.45) is 3.43. The van der Waals surface area contributed by atoms with Crippen LogP contribution in [0.5, 0.6) is 17.2 Å². The van der Waals surface area contributed by atoms with Crippen LogP contribution in [0.1, 0.15) is 11.1 Å². The van der Waals surface area contributed by atoms with Crippen LogP contribution in [-0.4, -0.2) is 67.6 Å². The highest BCUT2D eigenvalue weighted by Crippen LogP contribution is 2.26. The molecule has 0 spiro atoms. The van der Waals surface area contributed by atoms with Crippen LogP contribution < -0.4 is 29.6 Å². The molecule has 0 aromatic heterocycles. The van der Waals surface area contributed by atoms with Crippen molar-refractivity contribution in [3.8, 4) is 17.2 Å². The predicted molar refractivity (Wildman–Crippen MR) is 141 cm³/mol. The summed E-state index contributed by atoms with van der Waals surface area (Å²) in [7, 11) is 2.14. The number of benzene rings is 2. The Kier molecular flexibility index (Phi) is 11.4. The molecular formula is C24H31N3O7S2. The fraction of sp³-hybridized carbons (Fsp3) is 0.333. The van der Waals surface area contributed by atoms with Gasteiger partial charge >= 0.3 is 0 Å². The topological polar surface area (TPSA) is 124 Å². The van der Waals surface area contributed by atoms with Crippen LogP contribution in [-0.2, 0) is 26.0 Å². The van der Waals surface area contributed by atoms with Gasteiger partial charge in [-0.3, -0.25) is 9.52 Å². The lowest BCUT2D eigenvalue weighted by atomic mass is 10.1. The molecule has 0 saturated carbocycles. The van der Waals surface area contributed by atoms with E-state index >= 15 is 0 Å². The maximum Gasteiger partial charge on any atom is 0.267 e. The summed E-state index contributed by atoms with van der Waals surface area (Å²) in [4.78, 5) is 12.2. The van der Waals surface area contributed by atoms with Gasteiger partial charge in [-0.2, -0.15) is 0 Å². The van der Waals surface area contributed by atoms with Crippen molar-refractivity contribution in [2.45, 2.75) is 11.3 Å². The summed E-state index contributed by atoms with van der Waals surface area (Å²) >= 11 is 4.94. The molecule has 1 amide bonds. The summed E-state index contributed by atoms with van der Waals surface area (Å²) in [5.74, 6) is 1.09. The molecule has 3 N–H and O–H groups in total. The molecule has 0 heterocycles. The van der Waals surface area contributed by atoms with Gasteiger partial charge in [-0.15, -0.1) is 0 Å². The molecule has 12 heteroatoms. The molecule has 0 aliphatic carbocycles.